The summed E-state index contributed by atoms with van der Waals surface area (Å²) in [5, 5.41) is 2.08. The van der Waals surface area contributed by atoms with E-state index in [2.05, 4.69) is 4.98 Å². The molecular formula is C16H17F3N2. The van der Waals surface area contributed by atoms with Crippen molar-refractivity contribution >= 4 is 16.6 Å². The molecule has 1 atom stereocenters. The van der Waals surface area contributed by atoms with Crippen molar-refractivity contribution in [3.05, 3.63) is 36.5 Å². The lowest BCUT2D eigenvalue weighted by Gasteiger charge is -2.34. The van der Waals surface area contributed by atoms with Gasteiger partial charge in [0, 0.05) is 31.1 Å². The topological polar surface area (TPSA) is 16.1 Å². The van der Waals surface area contributed by atoms with Gasteiger partial charge in [-0.15, -0.1) is 0 Å². The van der Waals surface area contributed by atoms with Gasteiger partial charge in [-0.25, -0.2) is 4.98 Å². The standard InChI is InChI=1S/C16H17F3N2/c17-16(18,19)10-12-4-3-9-21(11-12)15-14-6-2-1-5-13(14)7-8-20-15/h1-2,5-8,12H,3-4,9-11H2. The van der Waals surface area contributed by atoms with Gasteiger partial charge < -0.3 is 4.90 Å². The first-order valence-electron chi connectivity index (χ1n) is 7.18. The lowest BCUT2D eigenvalue weighted by Crippen LogP contribution is -2.37. The molecule has 0 amide bonds. The van der Waals surface area contributed by atoms with E-state index in [1.54, 1.807) is 6.20 Å². The normalized spacial score (nSPS) is 20.0. The van der Waals surface area contributed by atoms with Crippen LogP contribution in [0.2, 0.25) is 0 Å². The Morgan fingerprint density at radius 1 is 1.19 bits per heavy atom. The molecule has 1 unspecified atom stereocenters. The Morgan fingerprint density at radius 2 is 2.00 bits per heavy atom. The number of pyridine rings is 1. The number of anilines is 1. The van der Waals surface area contributed by atoms with E-state index in [0.717, 1.165) is 29.6 Å². The fourth-order valence-electron chi connectivity index (χ4n) is 3.11. The number of alkyl halides is 3. The van der Waals surface area contributed by atoms with Crippen molar-refractivity contribution in [2.75, 3.05) is 18.0 Å². The average Bonchev–Trinajstić information content (AvgIpc) is 2.45. The highest BCUT2D eigenvalue weighted by Crippen LogP contribution is 2.33. The summed E-state index contributed by atoms with van der Waals surface area (Å²) in [6.45, 7) is 1.20. The lowest BCUT2D eigenvalue weighted by molar-refractivity contribution is -0.144. The Kier molecular flexibility index (Phi) is 3.74. The Morgan fingerprint density at radius 3 is 2.81 bits per heavy atom. The summed E-state index contributed by atoms with van der Waals surface area (Å²) < 4.78 is 37.8. The minimum absolute atomic E-state index is 0.334. The van der Waals surface area contributed by atoms with Crippen molar-refractivity contribution in [2.45, 2.75) is 25.4 Å². The first kappa shape index (κ1) is 14.2. The van der Waals surface area contributed by atoms with Gasteiger partial charge in [0.25, 0.3) is 0 Å². The molecule has 1 aliphatic heterocycles. The maximum Gasteiger partial charge on any atom is 0.389 e. The summed E-state index contributed by atoms with van der Waals surface area (Å²) in [6, 6.07) is 9.79. The fourth-order valence-corrected chi connectivity index (χ4v) is 3.11. The van der Waals surface area contributed by atoms with E-state index in [0.29, 0.717) is 13.0 Å². The molecule has 2 nitrogen and oxygen atoms in total. The van der Waals surface area contributed by atoms with E-state index < -0.39 is 12.6 Å². The van der Waals surface area contributed by atoms with Gasteiger partial charge in [-0.1, -0.05) is 24.3 Å². The Balaban J connectivity index is 1.85. The highest BCUT2D eigenvalue weighted by Gasteiger charge is 2.34. The van der Waals surface area contributed by atoms with Crippen LogP contribution in [0.1, 0.15) is 19.3 Å². The number of piperidine rings is 1. The van der Waals surface area contributed by atoms with Crippen LogP contribution in [0.3, 0.4) is 0 Å². The lowest BCUT2D eigenvalue weighted by atomic mass is 9.94. The number of hydrogen-bond acceptors (Lipinski definition) is 2. The Bertz CT molecular complexity index is 619. The first-order valence-corrected chi connectivity index (χ1v) is 7.18. The molecule has 2 aromatic rings. The van der Waals surface area contributed by atoms with Gasteiger partial charge in [-0.3, -0.25) is 0 Å². The fraction of sp³-hybridized carbons (Fsp3) is 0.438. The van der Waals surface area contributed by atoms with Crippen LogP contribution in [0.4, 0.5) is 19.0 Å². The van der Waals surface area contributed by atoms with Crippen LogP contribution in [-0.4, -0.2) is 24.2 Å². The van der Waals surface area contributed by atoms with E-state index in [1.165, 1.54) is 0 Å². The Labute approximate surface area is 121 Å². The zero-order valence-corrected chi connectivity index (χ0v) is 11.6. The van der Waals surface area contributed by atoms with E-state index in [-0.39, 0.29) is 5.92 Å². The maximum absolute atomic E-state index is 12.6. The van der Waals surface area contributed by atoms with Crippen LogP contribution in [-0.2, 0) is 0 Å². The molecule has 0 N–H and O–H groups in total. The first-order chi connectivity index (χ1) is 10.0. The molecule has 0 saturated carbocycles. The number of aromatic nitrogens is 1. The summed E-state index contributed by atoms with van der Waals surface area (Å²) in [5.41, 5.74) is 0. The smallest absolute Gasteiger partial charge is 0.356 e. The number of nitrogens with zero attached hydrogens (tertiary/aromatic N) is 2. The largest absolute Gasteiger partial charge is 0.389 e. The number of halogens is 3. The highest BCUT2D eigenvalue weighted by molar-refractivity contribution is 5.92. The third-order valence-corrected chi connectivity index (χ3v) is 3.99. The van der Waals surface area contributed by atoms with Crippen molar-refractivity contribution < 1.29 is 13.2 Å². The van der Waals surface area contributed by atoms with Gasteiger partial charge in [0.15, 0.2) is 0 Å². The van der Waals surface area contributed by atoms with Crippen molar-refractivity contribution in [1.29, 1.82) is 0 Å². The zero-order chi connectivity index (χ0) is 14.9. The zero-order valence-electron chi connectivity index (χ0n) is 11.6. The quantitative estimate of drug-likeness (QED) is 0.816. The van der Waals surface area contributed by atoms with Crippen LogP contribution in [0.5, 0.6) is 0 Å². The second-order valence-electron chi connectivity index (χ2n) is 5.63. The van der Waals surface area contributed by atoms with Gasteiger partial charge in [0.2, 0.25) is 0 Å². The highest BCUT2D eigenvalue weighted by atomic mass is 19.4. The molecule has 3 rings (SSSR count). The SMILES string of the molecule is FC(F)(F)CC1CCCN(c2nccc3ccccc23)C1. The van der Waals surface area contributed by atoms with Crippen molar-refractivity contribution in [2.24, 2.45) is 5.92 Å². The summed E-state index contributed by atoms with van der Waals surface area (Å²) in [6.07, 6.45) is -1.63. The third kappa shape index (κ3) is 3.28. The average molecular weight is 294 g/mol. The van der Waals surface area contributed by atoms with Crippen molar-refractivity contribution in [1.82, 2.24) is 4.98 Å². The van der Waals surface area contributed by atoms with Crippen LogP contribution in [0.25, 0.3) is 10.8 Å². The minimum Gasteiger partial charge on any atom is -0.356 e. The second kappa shape index (κ2) is 5.54. The molecule has 112 valence electrons. The van der Waals surface area contributed by atoms with Crippen LogP contribution in [0.15, 0.2) is 36.5 Å². The van der Waals surface area contributed by atoms with Crippen molar-refractivity contribution in [3.8, 4) is 0 Å². The molecule has 1 saturated heterocycles. The molecule has 0 aliphatic carbocycles. The summed E-state index contributed by atoms with van der Waals surface area (Å²) in [7, 11) is 0. The van der Waals surface area contributed by atoms with Gasteiger partial charge in [0.05, 0.1) is 0 Å². The molecule has 21 heavy (non-hydrogen) atoms. The molecule has 2 heterocycles. The molecular weight excluding hydrogens is 277 g/mol. The van der Waals surface area contributed by atoms with Gasteiger partial charge in [-0.05, 0) is 30.2 Å². The van der Waals surface area contributed by atoms with E-state index in [1.807, 2.05) is 35.2 Å². The molecule has 1 aliphatic rings. The van der Waals surface area contributed by atoms with E-state index in [9.17, 15) is 13.2 Å². The van der Waals surface area contributed by atoms with Gasteiger partial charge >= 0.3 is 6.18 Å². The number of benzene rings is 1. The third-order valence-electron chi connectivity index (χ3n) is 3.99. The summed E-state index contributed by atoms with van der Waals surface area (Å²) in [5.74, 6) is 0.472. The predicted molar refractivity (Wildman–Crippen MR) is 77.4 cm³/mol. The minimum atomic E-state index is -4.08. The number of rotatable bonds is 2. The monoisotopic (exact) mass is 294 g/mol. The molecule has 1 fully saturated rings. The summed E-state index contributed by atoms with van der Waals surface area (Å²) in [4.78, 5) is 6.41. The second-order valence-corrected chi connectivity index (χ2v) is 5.63. The predicted octanol–water partition coefficient (Wildman–Crippen LogP) is 4.40. The maximum atomic E-state index is 12.6. The number of fused-ring (bicyclic) bond motifs is 1. The van der Waals surface area contributed by atoms with Crippen molar-refractivity contribution in [3.63, 3.8) is 0 Å². The molecule has 1 aromatic heterocycles. The van der Waals surface area contributed by atoms with Crippen LogP contribution in [0, 0.1) is 5.92 Å². The molecule has 5 heteroatoms. The molecule has 0 radical (unpaired) electrons. The van der Waals surface area contributed by atoms with Gasteiger partial charge in [-0.2, -0.15) is 13.2 Å². The molecule has 1 aromatic carbocycles. The van der Waals surface area contributed by atoms with Crippen LogP contribution < -0.4 is 4.90 Å². The molecule has 0 bridgehead atoms. The number of hydrogen-bond donors (Lipinski definition) is 0. The Hall–Kier alpha value is -1.78. The summed E-state index contributed by atoms with van der Waals surface area (Å²) >= 11 is 0. The van der Waals surface area contributed by atoms with Crippen LogP contribution >= 0.6 is 0 Å². The van der Waals surface area contributed by atoms with Gasteiger partial charge in [0.1, 0.15) is 5.82 Å². The van der Waals surface area contributed by atoms with E-state index >= 15 is 0 Å². The molecule has 0 spiro atoms. The van der Waals surface area contributed by atoms with E-state index in [4.69, 9.17) is 0 Å².